The topological polar surface area (TPSA) is 127 Å². The predicted octanol–water partition coefficient (Wildman–Crippen LogP) is 0.437. The summed E-state index contributed by atoms with van der Waals surface area (Å²) in [7, 11) is 0. The van der Waals surface area contributed by atoms with Gasteiger partial charge < -0.3 is 15.9 Å². The molecule has 0 saturated carbocycles. The molecule has 0 fully saturated rings. The molecule has 0 amide bonds. The highest BCUT2D eigenvalue weighted by Gasteiger charge is 2.45. The van der Waals surface area contributed by atoms with Gasteiger partial charge in [-0.3, -0.25) is 15.3 Å². The fraction of sp³-hybridized carbons (Fsp3) is 0.143. The molecular formula is C14H12N2O4. The molecule has 20 heavy (non-hydrogen) atoms. The Kier molecular flexibility index (Phi) is 2.38. The quantitative estimate of drug-likeness (QED) is 0.401. The number of nitrogens with two attached hydrogens (primary N) is 2. The van der Waals surface area contributed by atoms with Crippen molar-refractivity contribution in [1.82, 2.24) is 0 Å². The van der Waals surface area contributed by atoms with Crippen molar-refractivity contribution in [3.8, 4) is 0 Å². The number of rotatable bonds is 0. The van der Waals surface area contributed by atoms with Crippen molar-refractivity contribution in [3.63, 3.8) is 0 Å². The summed E-state index contributed by atoms with van der Waals surface area (Å²) in [6.45, 7) is 0. The second-order valence-corrected chi connectivity index (χ2v) is 4.90. The fourth-order valence-electron chi connectivity index (χ4n) is 2.61. The van der Waals surface area contributed by atoms with Crippen LogP contribution in [0.5, 0.6) is 0 Å². The lowest BCUT2D eigenvalue weighted by molar-refractivity contribution is 0.0670. The summed E-state index contributed by atoms with van der Waals surface area (Å²) in [5, 5.41) is 20.0. The van der Waals surface area contributed by atoms with E-state index < -0.39 is 17.3 Å². The van der Waals surface area contributed by atoms with Crippen molar-refractivity contribution in [1.29, 1.82) is 0 Å². The van der Waals surface area contributed by atoms with Gasteiger partial charge in [0.1, 0.15) is 11.5 Å². The molecule has 1 aromatic carbocycles. The molecule has 6 heteroatoms. The van der Waals surface area contributed by atoms with Crippen LogP contribution < -0.4 is 11.5 Å². The monoisotopic (exact) mass is 272 g/mol. The van der Waals surface area contributed by atoms with Crippen molar-refractivity contribution >= 4 is 17.3 Å². The molecule has 0 heterocycles. The van der Waals surface area contributed by atoms with Gasteiger partial charge in [0.2, 0.25) is 0 Å². The minimum Gasteiger partial charge on any atom is -0.508 e. The summed E-state index contributed by atoms with van der Waals surface area (Å²) < 4.78 is 0. The summed E-state index contributed by atoms with van der Waals surface area (Å²) >= 11 is 0. The second-order valence-electron chi connectivity index (χ2n) is 4.90. The first-order valence-corrected chi connectivity index (χ1v) is 5.98. The number of aliphatic hydroxyl groups excluding tert-OH is 1. The van der Waals surface area contributed by atoms with Crippen LogP contribution in [0, 0.1) is 0 Å². The molecule has 0 radical (unpaired) electrons. The molecular weight excluding hydrogens is 260 g/mol. The predicted molar refractivity (Wildman–Crippen MR) is 71.0 cm³/mol. The van der Waals surface area contributed by atoms with E-state index >= 15 is 0 Å². The number of carbonyl (C=O) groups excluding carboxylic acids is 2. The Balaban J connectivity index is 2.36. The lowest BCUT2D eigenvalue weighted by atomic mass is 9.75. The summed E-state index contributed by atoms with van der Waals surface area (Å²) in [6, 6.07) is 4.48. The number of hydrogen-bond acceptors (Lipinski definition) is 6. The minimum atomic E-state index is -1.98. The maximum absolute atomic E-state index is 12.5. The Labute approximate surface area is 114 Å². The molecule has 0 spiro atoms. The van der Waals surface area contributed by atoms with Gasteiger partial charge in [-0.1, -0.05) is 12.1 Å². The summed E-state index contributed by atoms with van der Waals surface area (Å²) in [4.78, 5) is 24.9. The van der Waals surface area contributed by atoms with Gasteiger partial charge in [0.25, 0.3) is 0 Å². The molecule has 6 nitrogen and oxygen atoms in total. The maximum atomic E-state index is 12.5. The van der Waals surface area contributed by atoms with E-state index in [1.165, 1.54) is 18.2 Å². The summed E-state index contributed by atoms with van der Waals surface area (Å²) in [5.74, 6) is -1.56. The van der Waals surface area contributed by atoms with E-state index in [9.17, 15) is 19.8 Å². The van der Waals surface area contributed by atoms with Crippen molar-refractivity contribution < 1.29 is 19.8 Å². The summed E-state index contributed by atoms with van der Waals surface area (Å²) in [6.07, 6.45) is 1.07. The SMILES string of the molecule is Nc1cccc2c1C(=O)C1=C(C2=O)C(N)(O)CC=C1O. The number of ketones is 2. The van der Waals surface area contributed by atoms with Crippen molar-refractivity contribution in [2.24, 2.45) is 5.73 Å². The highest BCUT2D eigenvalue weighted by Crippen LogP contribution is 2.39. The third-order valence-electron chi connectivity index (χ3n) is 3.57. The Bertz CT molecular complexity index is 729. The Morgan fingerprint density at radius 2 is 1.90 bits per heavy atom. The van der Waals surface area contributed by atoms with Gasteiger partial charge in [-0.25, -0.2) is 0 Å². The van der Waals surface area contributed by atoms with Crippen LogP contribution in [0.2, 0.25) is 0 Å². The van der Waals surface area contributed by atoms with Crippen molar-refractivity contribution in [3.05, 3.63) is 52.3 Å². The van der Waals surface area contributed by atoms with E-state index in [0.717, 1.165) is 0 Å². The lowest BCUT2D eigenvalue weighted by Crippen LogP contribution is -2.48. The number of aliphatic hydroxyl groups is 2. The largest absolute Gasteiger partial charge is 0.508 e. The molecule has 0 saturated heterocycles. The molecule has 2 aliphatic rings. The Hall–Kier alpha value is -2.44. The van der Waals surface area contributed by atoms with Crippen LogP contribution in [0.1, 0.15) is 27.1 Å². The fourth-order valence-corrected chi connectivity index (χ4v) is 2.61. The van der Waals surface area contributed by atoms with E-state index in [-0.39, 0.29) is 40.1 Å². The first kappa shape index (κ1) is 12.6. The zero-order chi connectivity index (χ0) is 14.7. The standard InChI is InChI=1S/C14H12N2O4/c15-7-3-1-2-6-9(7)13(19)10-8(17)4-5-14(16,20)11(10)12(6)18/h1-4,17,20H,5,15-16H2. The molecule has 6 N–H and O–H groups in total. The number of fused-ring (bicyclic) bond motifs is 1. The number of hydrogen-bond donors (Lipinski definition) is 4. The van der Waals surface area contributed by atoms with Gasteiger partial charge in [-0.05, 0) is 12.1 Å². The third-order valence-corrected chi connectivity index (χ3v) is 3.57. The van der Waals surface area contributed by atoms with Crippen LogP contribution in [-0.4, -0.2) is 27.5 Å². The van der Waals surface area contributed by atoms with E-state index in [1.807, 2.05) is 0 Å². The van der Waals surface area contributed by atoms with Gasteiger partial charge in [0.15, 0.2) is 11.6 Å². The van der Waals surface area contributed by atoms with Gasteiger partial charge in [-0.2, -0.15) is 0 Å². The molecule has 102 valence electrons. The molecule has 3 rings (SSSR count). The molecule has 0 bridgehead atoms. The molecule has 1 unspecified atom stereocenters. The van der Waals surface area contributed by atoms with Crippen molar-refractivity contribution in [2.45, 2.75) is 12.1 Å². The maximum Gasteiger partial charge on any atom is 0.200 e. The average molecular weight is 272 g/mol. The average Bonchev–Trinajstić information content (AvgIpc) is 2.38. The summed E-state index contributed by atoms with van der Waals surface area (Å²) in [5.41, 5.74) is 9.17. The number of allylic oxidation sites excluding steroid dienone is 1. The molecule has 1 aromatic rings. The zero-order valence-corrected chi connectivity index (χ0v) is 10.4. The van der Waals surface area contributed by atoms with E-state index in [1.54, 1.807) is 6.07 Å². The lowest BCUT2D eigenvalue weighted by Gasteiger charge is -2.33. The molecule has 0 aromatic heterocycles. The smallest absolute Gasteiger partial charge is 0.200 e. The van der Waals surface area contributed by atoms with Gasteiger partial charge in [-0.15, -0.1) is 0 Å². The molecule has 2 aliphatic carbocycles. The van der Waals surface area contributed by atoms with Crippen molar-refractivity contribution in [2.75, 3.05) is 5.73 Å². The van der Waals surface area contributed by atoms with Gasteiger partial charge in [0, 0.05) is 17.7 Å². The minimum absolute atomic E-state index is 0.0360. The van der Waals surface area contributed by atoms with Crippen LogP contribution in [0.25, 0.3) is 0 Å². The Morgan fingerprint density at radius 3 is 2.60 bits per heavy atom. The first-order valence-electron chi connectivity index (χ1n) is 5.98. The van der Waals surface area contributed by atoms with Gasteiger partial charge in [0.05, 0.1) is 16.7 Å². The van der Waals surface area contributed by atoms with Crippen LogP contribution in [0.15, 0.2) is 41.2 Å². The number of Topliss-reactive ketones (excluding diaryl/α,β-unsaturated/α-hetero) is 2. The highest BCUT2D eigenvalue weighted by atomic mass is 16.3. The second kappa shape index (κ2) is 3.78. The Morgan fingerprint density at radius 1 is 1.20 bits per heavy atom. The third kappa shape index (κ3) is 1.46. The van der Waals surface area contributed by atoms with E-state index in [4.69, 9.17) is 11.5 Å². The first-order chi connectivity index (χ1) is 9.34. The number of anilines is 1. The number of carbonyl (C=O) groups is 2. The van der Waals surface area contributed by atoms with Crippen LogP contribution >= 0.6 is 0 Å². The molecule has 1 atom stereocenters. The highest BCUT2D eigenvalue weighted by molar-refractivity contribution is 6.30. The van der Waals surface area contributed by atoms with Crippen LogP contribution in [0.4, 0.5) is 5.69 Å². The van der Waals surface area contributed by atoms with Crippen LogP contribution in [0.3, 0.4) is 0 Å². The van der Waals surface area contributed by atoms with E-state index in [2.05, 4.69) is 0 Å². The van der Waals surface area contributed by atoms with Gasteiger partial charge >= 0.3 is 0 Å². The number of benzene rings is 1. The molecule has 0 aliphatic heterocycles. The normalized spacial score (nSPS) is 25.2. The van der Waals surface area contributed by atoms with Crippen LogP contribution in [-0.2, 0) is 0 Å². The van der Waals surface area contributed by atoms with E-state index in [0.29, 0.717) is 0 Å². The zero-order valence-electron chi connectivity index (χ0n) is 10.4. The number of nitrogen functional groups attached to an aromatic ring is 1.